The van der Waals surface area contributed by atoms with Crippen LogP contribution in [0.2, 0.25) is 0 Å². The van der Waals surface area contributed by atoms with Crippen molar-refractivity contribution in [3.63, 3.8) is 0 Å². The quantitative estimate of drug-likeness (QED) is 0.719. The molecular formula is C16H18FN7. The second kappa shape index (κ2) is 7.14. The van der Waals surface area contributed by atoms with Crippen molar-refractivity contribution in [2.75, 3.05) is 37.8 Å². The van der Waals surface area contributed by atoms with Crippen LogP contribution in [0.25, 0.3) is 11.2 Å². The first-order valence-electron chi connectivity index (χ1n) is 7.52. The molecule has 2 N–H and O–H groups in total. The van der Waals surface area contributed by atoms with Gasteiger partial charge in [-0.1, -0.05) is 0 Å². The summed E-state index contributed by atoms with van der Waals surface area (Å²) in [6.07, 6.45) is 3.17. The number of likely N-dealkylation sites (N-methyl/N-ethyl adjacent to an activating group) is 1. The van der Waals surface area contributed by atoms with Crippen LogP contribution < -0.4 is 10.6 Å². The molecule has 0 fully saturated rings. The summed E-state index contributed by atoms with van der Waals surface area (Å²) < 4.78 is 13.1. The van der Waals surface area contributed by atoms with E-state index in [1.54, 1.807) is 24.5 Å². The average molecular weight is 327 g/mol. The average Bonchev–Trinajstić information content (AvgIpc) is 2.57. The van der Waals surface area contributed by atoms with E-state index in [-0.39, 0.29) is 5.82 Å². The van der Waals surface area contributed by atoms with Gasteiger partial charge in [-0.15, -0.1) is 0 Å². The van der Waals surface area contributed by atoms with Crippen LogP contribution in [0.3, 0.4) is 0 Å². The van der Waals surface area contributed by atoms with Crippen LogP contribution >= 0.6 is 0 Å². The fraction of sp³-hybridized carbons (Fsp3) is 0.250. The summed E-state index contributed by atoms with van der Waals surface area (Å²) in [5.74, 6) is 0.695. The topological polar surface area (TPSA) is 78.9 Å². The van der Waals surface area contributed by atoms with Crippen LogP contribution in [0.1, 0.15) is 0 Å². The van der Waals surface area contributed by atoms with E-state index in [2.05, 4.69) is 35.5 Å². The molecular weight excluding hydrogens is 309 g/mol. The van der Waals surface area contributed by atoms with Crippen LogP contribution in [0.5, 0.6) is 0 Å². The lowest BCUT2D eigenvalue weighted by atomic mass is 10.3. The van der Waals surface area contributed by atoms with Crippen LogP contribution in [0.4, 0.5) is 21.8 Å². The molecule has 2 aromatic heterocycles. The summed E-state index contributed by atoms with van der Waals surface area (Å²) in [5.41, 5.74) is 1.76. The maximum Gasteiger partial charge on any atom is 0.226 e. The number of hydrogen-bond acceptors (Lipinski definition) is 7. The van der Waals surface area contributed by atoms with Crippen molar-refractivity contribution in [2.45, 2.75) is 0 Å². The number of aromatic nitrogens is 4. The van der Waals surface area contributed by atoms with E-state index in [9.17, 15) is 4.39 Å². The monoisotopic (exact) mass is 327 g/mol. The molecule has 3 aromatic rings. The molecule has 3 rings (SSSR count). The fourth-order valence-electron chi connectivity index (χ4n) is 2.09. The van der Waals surface area contributed by atoms with E-state index in [1.807, 2.05) is 14.1 Å². The minimum absolute atomic E-state index is 0.293. The molecule has 0 saturated heterocycles. The molecule has 7 nitrogen and oxygen atoms in total. The summed E-state index contributed by atoms with van der Waals surface area (Å²) >= 11 is 0. The Labute approximate surface area is 139 Å². The first-order valence-corrected chi connectivity index (χ1v) is 7.52. The van der Waals surface area contributed by atoms with Crippen LogP contribution in [-0.2, 0) is 0 Å². The van der Waals surface area contributed by atoms with Gasteiger partial charge in [0.05, 0.1) is 0 Å². The molecule has 0 aliphatic rings. The summed E-state index contributed by atoms with van der Waals surface area (Å²) in [7, 11) is 3.99. The second-order valence-corrected chi connectivity index (χ2v) is 5.49. The van der Waals surface area contributed by atoms with Gasteiger partial charge in [-0.3, -0.25) is 0 Å². The Morgan fingerprint density at radius 2 is 1.79 bits per heavy atom. The van der Waals surface area contributed by atoms with E-state index < -0.39 is 0 Å². The highest BCUT2D eigenvalue weighted by molar-refractivity contribution is 5.85. The number of anilines is 3. The molecule has 1 aromatic carbocycles. The van der Waals surface area contributed by atoms with Gasteiger partial charge >= 0.3 is 0 Å². The molecule has 0 radical (unpaired) electrons. The van der Waals surface area contributed by atoms with Crippen LogP contribution in [-0.4, -0.2) is 52.0 Å². The van der Waals surface area contributed by atoms with Gasteiger partial charge in [0.15, 0.2) is 17.0 Å². The van der Waals surface area contributed by atoms with Gasteiger partial charge in [-0.25, -0.2) is 14.4 Å². The van der Waals surface area contributed by atoms with Gasteiger partial charge in [0, 0.05) is 31.2 Å². The van der Waals surface area contributed by atoms with Crippen molar-refractivity contribution in [2.24, 2.45) is 0 Å². The van der Waals surface area contributed by atoms with E-state index in [0.717, 1.165) is 6.54 Å². The molecule has 0 unspecified atom stereocenters. The predicted octanol–water partition coefficient (Wildman–Crippen LogP) is 2.28. The van der Waals surface area contributed by atoms with Crippen molar-refractivity contribution in [3.8, 4) is 0 Å². The number of nitrogens with zero attached hydrogens (tertiary/aromatic N) is 5. The zero-order valence-corrected chi connectivity index (χ0v) is 13.5. The number of halogens is 1. The Balaban J connectivity index is 1.90. The summed E-state index contributed by atoms with van der Waals surface area (Å²) in [6.45, 7) is 1.55. The normalized spacial score (nSPS) is 11.0. The lowest BCUT2D eigenvalue weighted by Gasteiger charge is -2.12. The number of nitrogens with one attached hydrogen (secondary N) is 2. The minimum Gasteiger partial charge on any atom is -0.353 e. The molecule has 2 heterocycles. The predicted molar refractivity (Wildman–Crippen MR) is 91.9 cm³/mol. The zero-order valence-electron chi connectivity index (χ0n) is 13.5. The Hall–Kier alpha value is -2.87. The van der Waals surface area contributed by atoms with Crippen molar-refractivity contribution in [1.82, 2.24) is 24.8 Å². The fourth-order valence-corrected chi connectivity index (χ4v) is 2.09. The lowest BCUT2D eigenvalue weighted by Crippen LogP contribution is -2.21. The van der Waals surface area contributed by atoms with Gasteiger partial charge in [-0.2, -0.15) is 9.97 Å². The van der Waals surface area contributed by atoms with E-state index >= 15 is 0 Å². The maximum atomic E-state index is 13.1. The third-order valence-corrected chi connectivity index (χ3v) is 3.28. The number of hydrogen-bond donors (Lipinski definition) is 2. The third-order valence-electron chi connectivity index (χ3n) is 3.28. The summed E-state index contributed by atoms with van der Waals surface area (Å²) in [6, 6.07) is 6.04. The number of benzene rings is 1. The van der Waals surface area contributed by atoms with Gasteiger partial charge in [0.2, 0.25) is 5.95 Å². The molecule has 0 atom stereocenters. The molecule has 24 heavy (non-hydrogen) atoms. The standard InChI is InChI=1S/C16H18FN7/c1-24(2)10-9-20-16-22-14-13(18-7-8-19-14)15(23-16)21-12-5-3-11(17)4-6-12/h3-8H,9-10H2,1-2H3,(H2,19,20,21,22,23). The van der Waals surface area contributed by atoms with Crippen molar-refractivity contribution in [1.29, 1.82) is 0 Å². The first-order chi connectivity index (χ1) is 11.6. The Kier molecular flexibility index (Phi) is 4.76. The number of rotatable bonds is 6. The van der Waals surface area contributed by atoms with E-state index in [0.29, 0.717) is 35.2 Å². The van der Waals surface area contributed by atoms with Crippen molar-refractivity contribution < 1.29 is 4.39 Å². The molecule has 0 aliphatic heterocycles. The lowest BCUT2D eigenvalue weighted by molar-refractivity contribution is 0.425. The molecule has 124 valence electrons. The van der Waals surface area contributed by atoms with Gasteiger partial charge in [0.25, 0.3) is 0 Å². The van der Waals surface area contributed by atoms with Gasteiger partial charge < -0.3 is 15.5 Å². The Morgan fingerprint density at radius 1 is 1.04 bits per heavy atom. The Morgan fingerprint density at radius 3 is 2.54 bits per heavy atom. The molecule has 0 amide bonds. The highest BCUT2D eigenvalue weighted by Gasteiger charge is 2.10. The molecule has 0 saturated carbocycles. The van der Waals surface area contributed by atoms with Crippen LogP contribution in [0.15, 0.2) is 36.7 Å². The van der Waals surface area contributed by atoms with E-state index in [1.165, 1.54) is 12.1 Å². The molecule has 8 heteroatoms. The van der Waals surface area contributed by atoms with Crippen molar-refractivity contribution >= 4 is 28.6 Å². The SMILES string of the molecule is CN(C)CCNc1nc(Nc2ccc(F)cc2)c2nccnc2n1. The van der Waals surface area contributed by atoms with Gasteiger partial charge in [-0.05, 0) is 38.4 Å². The largest absolute Gasteiger partial charge is 0.353 e. The van der Waals surface area contributed by atoms with Gasteiger partial charge in [0.1, 0.15) is 5.82 Å². The summed E-state index contributed by atoms with van der Waals surface area (Å²) in [4.78, 5) is 19.4. The molecule has 0 aliphatic carbocycles. The third kappa shape index (κ3) is 3.90. The minimum atomic E-state index is -0.293. The smallest absolute Gasteiger partial charge is 0.226 e. The highest BCUT2D eigenvalue weighted by Crippen LogP contribution is 2.22. The molecule has 0 bridgehead atoms. The molecule has 0 spiro atoms. The maximum absolute atomic E-state index is 13.1. The Bertz CT molecular complexity index is 820. The number of fused-ring (bicyclic) bond motifs is 1. The zero-order chi connectivity index (χ0) is 16.9. The first kappa shape index (κ1) is 16.0. The van der Waals surface area contributed by atoms with E-state index in [4.69, 9.17) is 0 Å². The highest BCUT2D eigenvalue weighted by atomic mass is 19.1. The second-order valence-electron chi connectivity index (χ2n) is 5.49. The summed E-state index contributed by atoms with van der Waals surface area (Å²) in [5, 5.41) is 6.31. The van der Waals surface area contributed by atoms with Crippen molar-refractivity contribution in [3.05, 3.63) is 42.5 Å². The van der Waals surface area contributed by atoms with Crippen LogP contribution in [0, 0.1) is 5.82 Å².